The zero-order valence-electron chi connectivity index (χ0n) is 17.1. The van der Waals surface area contributed by atoms with Crippen LogP contribution in [0.4, 0.5) is 4.39 Å². The van der Waals surface area contributed by atoms with Crippen molar-refractivity contribution >= 4 is 27.8 Å². The molecule has 0 N–H and O–H groups in total. The lowest BCUT2D eigenvalue weighted by Gasteiger charge is -2.21. The van der Waals surface area contributed by atoms with Crippen LogP contribution >= 0.6 is 0 Å². The third-order valence-electron chi connectivity index (χ3n) is 5.48. The third kappa shape index (κ3) is 3.28. The Morgan fingerprint density at radius 3 is 2.40 bits per heavy atom. The summed E-state index contributed by atoms with van der Waals surface area (Å²) in [5, 5.41) is 1.38. The zero-order valence-corrected chi connectivity index (χ0v) is 17.1. The largest absolute Gasteiger partial charge is 0.467 e. The average molecular weight is 406 g/mol. The van der Waals surface area contributed by atoms with E-state index >= 15 is 0 Å². The van der Waals surface area contributed by atoms with Gasteiger partial charge in [0.2, 0.25) is 0 Å². The molecule has 0 bridgehead atoms. The standard InChI is InChI=1S/C24H23FN2O3/c1-15(2)22(24(29)30-3)26-13-12-20-21(23(26)28)18-6-4-5-7-19(18)27(20)14-16-8-10-17(25)11-9-16/h4-13,15,22H,14H2,1-3H3. The molecular weight excluding hydrogens is 383 g/mol. The molecule has 0 fully saturated rings. The molecular formula is C24H23FN2O3. The van der Waals surface area contributed by atoms with Gasteiger partial charge in [0, 0.05) is 23.6 Å². The van der Waals surface area contributed by atoms with Gasteiger partial charge in [0.15, 0.2) is 0 Å². The summed E-state index contributed by atoms with van der Waals surface area (Å²) in [5.74, 6) is -0.840. The lowest BCUT2D eigenvalue weighted by atomic mass is 10.0. The van der Waals surface area contributed by atoms with Crippen LogP contribution in [-0.4, -0.2) is 22.2 Å². The lowest BCUT2D eigenvalue weighted by molar-refractivity contribution is -0.146. The normalized spacial score (nSPS) is 12.6. The van der Waals surface area contributed by atoms with Crippen molar-refractivity contribution < 1.29 is 13.9 Å². The first-order chi connectivity index (χ1) is 14.4. The Morgan fingerprint density at radius 1 is 1.03 bits per heavy atom. The molecule has 0 radical (unpaired) electrons. The second-order valence-electron chi connectivity index (χ2n) is 7.73. The quantitative estimate of drug-likeness (QED) is 0.458. The van der Waals surface area contributed by atoms with Gasteiger partial charge in [0.05, 0.1) is 18.0 Å². The number of hydrogen-bond donors (Lipinski definition) is 0. The number of carbonyl (C=O) groups is 1. The number of aromatic nitrogens is 2. The summed E-state index contributed by atoms with van der Waals surface area (Å²) in [6.07, 6.45) is 1.66. The highest BCUT2D eigenvalue weighted by molar-refractivity contribution is 6.07. The second-order valence-corrected chi connectivity index (χ2v) is 7.73. The van der Waals surface area contributed by atoms with E-state index in [2.05, 4.69) is 0 Å². The molecule has 154 valence electrons. The maximum Gasteiger partial charge on any atom is 0.329 e. The maximum absolute atomic E-state index is 13.5. The Hall–Kier alpha value is -3.41. The molecule has 5 nitrogen and oxygen atoms in total. The highest BCUT2D eigenvalue weighted by Gasteiger charge is 2.27. The number of rotatable bonds is 5. The molecule has 2 heterocycles. The molecule has 1 atom stereocenters. The molecule has 0 spiro atoms. The highest BCUT2D eigenvalue weighted by Crippen LogP contribution is 2.29. The van der Waals surface area contributed by atoms with Crippen LogP contribution in [0, 0.1) is 11.7 Å². The lowest BCUT2D eigenvalue weighted by Crippen LogP contribution is -2.33. The van der Waals surface area contributed by atoms with E-state index in [0.29, 0.717) is 11.9 Å². The summed E-state index contributed by atoms with van der Waals surface area (Å²) < 4.78 is 21.8. The van der Waals surface area contributed by atoms with Crippen LogP contribution in [-0.2, 0) is 16.1 Å². The topological polar surface area (TPSA) is 53.2 Å². The number of hydrogen-bond acceptors (Lipinski definition) is 3. The number of nitrogens with zero attached hydrogens (tertiary/aromatic N) is 2. The van der Waals surface area contributed by atoms with Crippen molar-refractivity contribution in [1.29, 1.82) is 0 Å². The van der Waals surface area contributed by atoms with E-state index in [0.717, 1.165) is 22.0 Å². The third-order valence-corrected chi connectivity index (χ3v) is 5.48. The van der Waals surface area contributed by atoms with E-state index in [1.54, 1.807) is 18.3 Å². The van der Waals surface area contributed by atoms with Gasteiger partial charge in [-0.05, 0) is 35.7 Å². The van der Waals surface area contributed by atoms with Crippen LogP contribution in [0.25, 0.3) is 21.8 Å². The monoisotopic (exact) mass is 406 g/mol. The van der Waals surface area contributed by atoms with Gasteiger partial charge in [-0.2, -0.15) is 0 Å². The number of pyridine rings is 1. The predicted molar refractivity (Wildman–Crippen MR) is 115 cm³/mol. The maximum atomic E-state index is 13.5. The number of benzene rings is 2. The Balaban J connectivity index is 1.96. The van der Waals surface area contributed by atoms with Crippen molar-refractivity contribution in [2.75, 3.05) is 7.11 Å². The number of halogens is 1. The smallest absolute Gasteiger partial charge is 0.329 e. The minimum atomic E-state index is -0.703. The van der Waals surface area contributed by atoms with Crippen LogP contribution in [0.2, 0.25) is 0 Å². The molecule has 0 aliphatic heterocycles. The summed E-state index contributed by atoms with van der Waals surface area (Å²) in [6.45, 7) is 4.27. The van der Waals surface area contributed by atoms with E-state index in [1.165, 1.54) is 23.8 Å². The molecule has 0 aliphatic rings. The fourth-order valence-electron chi connectivity index (χ4n) is 4.06. The van der Waals surface area contributed by atoms with Gasteiger partial charge in [-0.3, -0.25) is 4.79 Å². The second kappa shape index (κ2) is 7.78. The fourth-order valence-corrected chi connectivity index (χ4v) is 4.06. The molecule has 0 amide bonds. The molecule has 6 heteroatoms. The van der Waals surface area contributed by atoms with Crippen molar-refractivity contribution in [2.45, 2.75) is 26.4 Å². The molecule has 2 aromatic carbocycles. The first-order valence-corrected chi connectivity index (χ1v) is 9.86. The van der Waals surface area contributed by atoms with Crippen LogP contribution in [0.5, 0.6) is 0 Å². The summed E-state index contributed by atoms with van der Waals surface area (Å²) in [6, 6.07) is 15.2. The Bertz CT molecular complexity index is 1290. The van der Waals surface area contributed by atoms with E-state index in [1.807, 2.05) is 48.7 Å². The van der Waals surface area contributed by atoms with Crippen molar-refractivity contribution in [2.24, 2.45) is 5.92 Å². The van der Waals surface area contributed by atoms with E-state index in [9.17, 15) is 14.0 Å². The van der Waals surface area contributed by atoms with Gasteiger partial charge in [0.1, 0.15) is 11.9 Å². The highest BCUT2D eigenvalue weighted by atomic mass is 19.1. The zero-order chi connectivity index (χ0) is 21.4. The van der Waals surface area contributed by atoms with E-state index in [4.69, 9.17) is 4.74 Å². The molecule has 4 rings (SSSR count). The number of esters is 1. The van der Waals surface area contributed by atoms with E-state index < -0.39 is 12.0 Å². The van der Waals surface area contributed by atoms with Crippen molar-refractivity contribution in [3.05, 3.63) is 82.5 Å². The van der Waals surface area contributed by atoms with Gasteiger partial charge >= 0.3 is 5.97 Å². The summed E-state index contributed by atoms with van der Waals surface area (Å²) in [5.41, 5.74) is 2.38. The van der Waals surface area contributed by atoms with Crippen molar-refractivity contribution in [1.82, 2.24) is 9.13 Å². The SMILES string of the molecule is COC(=O)C(C(C)C)n1ccc2c(c1=O)c1ccccc1n2Cc1ccc(F)cc1. The minimum absolute atomic E-state index is 0.111. The minimum Gasteiger partial charge on any atom is -0.467 e. The fraction of sp³-hybridized carbons (Fsp3) is 0.250. The molecule has 1 unspecified atom stereocenters. The van der Waals surface area contributed by atoms with Crippen molar-refractivity contribution in [3.8, 4) is 0 Å². The predicted octanol–water partition coefficient (Wildman–Crippen LogP) is 4.51. The molecule has 0 saturated carbocycles. The van der Waals surface area contributed by atoms with Crippen LogP contribution in [0.15, 0.2) is 65.6 Å². The summed E-state index contributed by atoms with van der Waals surface area (Å²) >= 11 is 0. The molecule has 0 saturated heterocycles. The number of methoxy groups -OCH3 is 1. The molecule has 30 heavy (non-hydrogen) atoms. The van der Waals surface area contributed by atoms with Crippen LogP contribution < -0.4 is 5.56 Å². The molecule has 0 aliphatic carbocycles. The van der Waals surface area contributed by atoms with Crippen molar-refractivity contribution in [3.63, 3.8) is 0 Å². The van der Waals surface area contributed by atoms with Gasteiger partial charge < -0.3 is 13.9 Å². The van der Waals surface area contributed by atoms with Crippen LogP contribution in [0.3, 0.4) is 0 Å². The average Bonchev–Trinajstić information content (AvgIpc) is 3.05. The van der Waals surface area contributed by atoms with Gasteiger partial charge in [-0.15, -0.1) is 0 Å². The van der Waals surface area contributed by atoms with Crippen LogP contribution in [0.1, 0.15) is 25.5 Å². The Morgan fingerprint density at radius 2 is 1.73 bits per heavy atom. The summed E-state index contributed by atoms with van der Waals surface area (Å²) in [7, 11) is 1.33. The van der Waals surface area contributed by atoms with Gasteiger partial charge in [-0.1, -0.05) is 44.2 Å². The number of ether oxygens (including phenoxy) is 1. The number of fused-ring (bicyclic) bond motifs is 3. The molecule has 4 aromatic rings. The summed E-state index contributed by atoms with van der Waals surface area (Å²) in [4.78, 5) is 25.9. The van der Waals surface area contributed by atoms with Gasteiger partial charge in [0.25, 0.3) is 5.56 Å². The Labute approximate surface area is 173 Å². The first kappa shape index (κ1) is 19.9. The first-order valence-electron chi connectivity index (χ1n) is 9.86. The number of carbonyl (C=O) groups excluding carboxylic acids is 1. The van der Waals surface area contributed by atoms with E-state index in [-0.39, 0.29) is 17.3 Å². The number of para-hydroxylation sites is 1. The Kier molecular flexibility index (Phi) is 5.16. The van der Waals surface area contributed by atoms with Gasteiger partial charge in [-0.25, -0.2) is 9.18 Å². The molecule has 2 aromatic heterocycles.